The number of rotatable bonds is 5. The van der Waals surface area contributed by atoms with E-state index in [1.165, 1.54) is 4.90 Å². The van der Waals surface area contributed by atoms with Gasteiger partial charge < -0.3 is 14.6 Å². The Morgan fingerprint density at radius 1 is 1.31 bits per heavy atom. The lowest BCUT2D eigenvalue weighted by molar-refractivity contribution is -0.142. The second kappa shape index (κ2) is 8.24. The van der Waals surface area contributed by atoms with Gasteiger partial charge in [-0.2, -0.15) is 11.3 Å². The van der Waals surface area contributed by atoms with Crippen LogP contribution in [-0.4, -0.2) is 45.2 Å². The van der Waals surface area contributed by atoms with E-state index in [9.17, 15) is 14.7 Å². The molecule has 0 unspecified atom stereocenters. The summed E-state index contributed by atoms with van der Waals surface area (Å²) in [5.41, 5.74) is 1.25. The van der Waals surface area contributed by atoms with E-state index in [1.807, 2.05) is 22.9 Å². The number of thiophene rings is 1. The zero-order valence-corrected chi connectivity index (χ0v) is 17.4. The fraction of sp³-hybridized carbons (Fsp3) is 0.381. The number of carbonyl (C=O) groups excluding carboxylic acids is 1. The van der Waals surface area contributed by atoms with E-state index in [0.29, 0.717) is 11.5 Å². The molecule has 0 radical (unpaired) electrons. The Bertz CT molecular complexity index is 904. The molecule has 3 rings (SSSR count). The molecule has 1 N–H and O–H groups in total. The van der Waals surface area contributed by atoms with Crippen LogP contribution in [0.5, 0.6) is 5.75 Å². The molecule has 0 aliphatic carbocycles. The Morgan fingerprint density at radius 2 is 2.07 bits per heavy atom. The first kappa shape index (κ1) is 20.9. The quantitative estimate of drug-likeness (QED) is 0.726. The predicted molar refractivity (Wildman–Crippen MR) is 110 cm³/mol. The van der Waals surface area contributed by atoms with Gasteiger partial charge in [0.1, 0.15) is 23.2 Å². The highest BCUT2D eigenvalue weighted by Crippen LogP contribution is 2.32. The first-order chi connectivity index (χ1) is 13.6. The summed E-state index contributed by atoms with van der Waals surface area (Å²) in [5, 5.41) is 13.5. The van der Waals surface area contributed by atoms with E-state index in [-0.39, 0.29) is 18.9 Å². The monoisotopic (exact) mass is 416 g/mol. The number of amides is 1. The van der Waals surface area contributed by atoms with Gasteiger partial charge in [0.05, 0.1) is 6.20 Å². The summed E-state index contributed by atoms with van der Waals surface area (Å²) < 4.78 is 11.2. The topological polar surface area (TPSA) is 89.0 Å². The molecule has 3 heterocycles. The first-order valence-electron chi connectivity index (χ1n) is 9.21. The highest BCUT2D eigenvalue weighted by Gasteiger charge is 2.43. The van der Waals surface area contributed by atoms with Crippen molar-refractivity contribution < 1.29 is 24.2 Å². The number of carboxylic acid groups (broad SMARTS) is 1. The fourth-order valence-corrected chi connectivity index (χ4v) is 3.79. The van der Waals surface area contributed by atoms with Crippen molar-refractivity contribution in [2.24, 2.45) is 5.92 Å². The Hall–Kier alpha value is -2.87. The number of hydrogen-bond donors (Lipinski definition) is 1. The summed E-state index contributed by atoms with van der Waals surface area (Å²) in [7, 11) is 0. The number of carbonyl (C=O) groups is 2. The van der Waals surface area contributed by atoms with Crippen LogP contribution in [0.2, 0.25) is 0 Å². The molecule has 8 heteroatoms. The average molecular weight is 416 g/mol. The van der Waals surface area contributed by atoms with Crippen molar-refractivity contribution in [2.45, 2.75) is 38.8 Å². The van der Waals surface area contributed by atoms with Gasteiger partial charge in [0.2, 0.25) is 0 Å². The van der Waals surface area contributed by atoms with Crippen molar-refractivity contribution in [3.63, 3.8) is 0 Å². The number of likely N-dealkylation sites (tertiary alicyclic amines) is 1. The fourth-order valence-electron chi connectivity index (χ4n) is 3.12. The van der Waals surface area contributed by atoms with Gasteiger partial charge in [0.25, 0.3) is 0 Å². The number of carboxylic acids is 1. The first-order valence-corrected chi connectivity index (χ1v) is 10.1. The maximum atomic E-state index is 12.4. The molecule has 0 aromatic carbocycles. The third-order valence-corrected chi connectivity index (χ3v) is 5.17. The van der Waals surface area contributed by atoms with Gasteiger partial charge >= 0.3 is 12.1 Å². The van der Waals surface area contributed by atoms with Crippen molar-refractivity contribution >= 4 is 23.4 Å². The molecule has 2 aromatic heterocycles. The summed E-state index contributed by atoms with van der Waals surface area (Å²) in [6, 6.07) is 2.87. The second-order valence-corrected chi connectivity index (χ2v) is 8.69. The molecule has 154 valence electrons. The molecular weight excluding hydrogens is 392 g/mol. The Morgan fingerprint density at radius 3 is 2.69 bits per heavy atom. The third kappa shape index (κ3) is 5.14. The number of aliphatic carboxylic acids is 1. The van der Waals surface area contributed by atoms with E-state index in [0.717, 1.165) is 11.1 Å². The van der Waals surface area contributed by atoms with Gasteiger partial charge in [-0.3, -0.25) is 9.88 Å². The summed E-state index contributed by atoms with van der Waals surface area (Å²) in [5.74, 6) is -0.492. The van der Waals surface area contributed by atoms with Crippen LogP contribution in [0, 0.1) is 5.92 Å². The van der Waals surface area contributed by atoms with Crippen molar-refractivity contribution in [2.75, 3.05) is 6.54 Å². The largest absolute Gasteiger partial charge is 0.480 e. The highest BCUT2D eigenvalue weighted by atomic mass is 32.1. The lowest BCUT2D eigenvalue weighted by Crippen LogP contribution is -2.43. The zero-order valence-electron chi connectivity index (χ0n) is 16.6. The predicted octanol–water partition coefficient (Wildman–Crippen LogP) is 4.41. The number of ether oxygens (including phenoxy) is 2. The minimum atomic E-state index is -1.08. The number of nitrogens with zero attached hydrogens (tertiary/aromatic N) is 2. The molecule has 0 bridgehead atoms. The van der Waals surface area contributed by atoms with Gasteiger partial charge in [-0.15, -0.1) is 0 Å². The molecule has 1 saturated heterocycles. The minimum Gasteiger partial charge on any atom is -0.480 e. The zero-order chi connectivity index (χ0) is 21.2. The summed E-state index contributed by atoms with van der Waals surface area (Å²) in [6.45, 7) is 9.36. The summed E-state index contributed by atoms with van der Waals surface area (Å²) in [6.07, 6.45) is 2.89. The van der Waals surface area contributed by atoms with Gasteiger partial charge in [-0.1, -0.05) is 6.58 Å². The average Bonchev–Trinajstić information content (AvgIpc) is 3.30. The van der Waals surface area contributed by atoms with Gasteiger partial charge in [0.15, 0.2) is 0 Å². The molecule has 0 saturated carbocycles. The van der Waals surface area contributed by atoms with Crippen molar-refractivity contribution in [1.29, 1.82) is 0 Å². The number of aromatic nitrogens is 1. The molecule has 1 aliphatic rings. The molecule has 1 aliphatic heterocycles. The van der Waals surface area contributed by atoms with Crippen LogP contribution in [0.4, 0.5) is 4.79 Å². The van der Waals surface area contributed by atoms with E-state index in [4.69, 9.17) is 9.47 Å². The lowest BCUT2D eigenvalue weighted by atomic mass is 10.0. The van der Waals surface area contributed by atoms with E-state index in [2.05, 4.69) is 11.6 Å². The van der Waals surface area contributed by atoms with Crippen molar-refractivity contribution in [1.82, 2.24) is 9.88 Å². The maximum absolute atomic E-state index is 12.4. The van der Waals surface area contributed by atoms with Crippen LogP contribution in [0.3, 0.4) is 0 Å². The smallest absolute Gasteiger partial charge is 0.411 e. The molecule has 2 aromatic rings. The van der Waals surface area contributed by atoms with Crippen LogP contribution >= 0.6 is 11.3 Å². The van der Waals surface area contributed by atoms with E-state index in [1.54, 1.807) is 44.5 Å². The second-order valence-electron chi connectivity index (χ2n) is 7.91. The molecule has 29 heavy (non-hydrogen) atoms. The van der Waals surface area contributed by atoms with Crippen LogP contribution in [0.25, 0.3) is 11.1 Å². The van der Waals surface area contributed by atoms with Crippen LogP contribution in [0.15, 0.2) is 47.6 Å². The van der Waals surface area contributed by atoms with Crippen LogP contribution in [0.1, 0.15) is 27.2 Å². The summed E-state index contributed by atoms with van der Waals surface area (Å²) >= 11 is 1.59. The van der Waals surface area contributed by atoms with Crippen molar-refractivity contribution in [3.05, 3.63) is 47.6 Å². The maximum Gasteiger partial charge on any atom is 0.411 e. The normalized spacial score (nSPS) is 19.1. The summed E-state index contributed by atoms with van der Waals surface area (Å²) in [4.78, 5) is 29.5. The third-order valence-electron chi connectivity index (χ3n) is 4.49. The Labute approximate surface area is 173 Å². The van der Waals surface area contributed by atoms with E-state index >= 15 is 0 Å². The van der Waals surface area contributed by atoms with Gasteiger partial charge in [-0.25, -0.2) is 9.59 Å². The minimum absolute atomic E-state index is 0.169. The Balaban J connectivity index is 1.70. The van der Waals surface area contributed by atoms with Gasteiger partial charge in [0, 0.05) is 24.2 Å². The Kier molecular flexibility index (Phi) is 5.93. The molecule has 1 fully saturated rings. The highest BCUT2D eigenvalue weighted by molar-refractivity contribution is 7.08. The number of hydrogen-bond acceptors (Lipinski definition) is 6. The van der Waals surface area contributed by atoms with Crippen molar-refractivity contribution in [3.8, 4) is 16.9 Å². The SMILES string of the molecule is C=C(Oc1cncc(-c2ccsc2)c1)[C@@H]1C[C@@H](C(=O)O)N(C(=O)OC(C)(C)C)C1. The van der Waals surface area contributed by atoms with Crippen LogP contribution in [-0.2, 0) is 9.53 Å². The molecular formula is C21H24N2O5S. The molecule has 7 nitrogen and oxygen atoms in total. The standard InChI is InChI=1S/C21H24N2O5S/c1-13(27-17-7-15(9-22-10-17)14-5-6-29-12-14)16-8-18(19(24)25)23(11-16)20(26)28-21(2,3)4/h5-7,9-10,12,16,18H,1,8,11H2,2-4H3,(H,24,25)/t16-,18+/m1/s1. The lowest BCUT2D eigenvalue weighted by Gasteiger charge is -2.26. The van der Waals surface area contributed by atoms with Crippen LogP contribution < -0.4 is 4.74 Å². The molecule has 0 spiro atoms. The number of pyridine rings is 1. The molecule has 1 amide bonds. The van der Waals surface area contributed by atoms with E-state index < -0.39 is 23.7 Å². The molecule has 2 atom stereocenters. The van der Waals surface area contributed by atoms with Gasteiger partial charge in [-0.05, 0) is 55.6 Å².